The predicted octanol–water partition coefficient (Wildman–Crippen LogP) is 4.27. The fourth-order valence-electron chi connectivity index (χ4n) is 4.33. The van der Waals surface area contributed by atoms with E-state index in [4.69, 9.17) is 9.15 Å². The zero-order valence-electron chi connectivity index (χ0n) is 22.9. The van der Waals surface area contributed by atoms with Crippen molar-refractivity contribution in [3.63, 3.8) is 0 Å². The number of anilines is 1. The lowest BCUT2D eigenvalue weighted by Crippen LogP contribution is -2.54. The highest BCUT2D eigenvalue weighted by atomic mass is 32.2. The van der Waals surface area contributed by atoms with E-state index in [9.17, 15) is 26.4 Å². The number of imidazole rings is 1. The van der Waals surface area contributed by atoms with Gasteiger partial charge in [0.15, 0.2) is 0 Å². The molecule has 0 radical (unpaired) electrons. The SMILES string of the molecule is CC(C)(C)OC(=O)N1CCN(S(=O)(=O)N(Cc2cn3ccc(-c4nnc(C(F)F)o4)cc3n2)c2cccc(F)c2)CC1. The van der Waals surface area contributed by atoms with Crippen LogP contribution in [0.1, 0.15) is 38.8 Å². The number of amides is 1. The minimum Gasteiger partial charge on any atom is -0.444 e. The lowest BCUT2D eigenvalue weighted by atomic mass is 10.2. The van der Waals surface area contributed by atoms with Gasteiger partial charge in [0.05, 0.1) is 17.9 Å². The van der Waals surface area contributed by atoms with E-state index >= 15 is 0 Å². The second-order valence-corrected chi connectivity index (χ2v) is 12.4. The molecule has 0 aliphatic carbocycles. The third-order valence-electron chi connectivity index (χ3n) is 6.28. The monoisotopic (exact) mass is 607 g/mol. The Morgan fingerprint density at radius 2 is 1.86 bits per heavy atom. The molecule has 42 heavy (non-hydrogen) atoms. The van der Waals surface area contributed by atoms with E-state index in [1.165, 1.54) is 33.5 Å². The van der Waals surface area contributed by atoms with Crippen LogP contribution in [0.3, 0.4) is 0 Å². The van der Waals surface area contributed by atoms with Crippen LogP contribution in [0.15, 0.2) is 53.2 Å². The Labute approximate surface area is 239 Å². The number of hydrogen-bond acceptors (Lipinski definition) is 8. The molecule has 0 unspecified atom stereocenters. The Morgan fingerprint density at radius 3 is 2.50 bits per heavy atom. The van der Waals surface area contributed by atoms with Crippen molar-refractivity contribution < 1.29 is 35.5 Å². The Morgan fingerprint density at radius 1 is 1.12 bits per heavy atom. The van der Waals surface area contributed by atoms with E-state index in [2.05, 4.69) is 15.2 Å². The Balaban J connectivity index is 1.40. The molecule has 1 aromatic carbocycles. The van der Waals surface area contributed by atoms with Crippen LogP contribution in [0, 0.1) is 5.82 Å². The van der Waals surface area contributed by atoms with Crippen molar-refractivity contribution in [2.24, 2.45) is 0 Å². The summed E-state index contributed by atoms with van der Waals surface area (Å²) in [6, 6.07) is 8.29. The maximum absolute atomic E-state index is 14.2. The number of fused-ring (bicyclic) bond motifs is 1. The van der Waals surface area contributed by atoms with Crippen LogP contribution >= 0.6 is 0 Å². The number of rotatable bonds is 7. The number of halogens is 3. The normalized spacial score (nSPS) is 15.0. The van der Waals surface area contributed by atoms with Gasteiger partial charge in [0.2, 0.25) is 5.89 Å². The van der Waals surface area contributed by atoms with Crippen LogP contribution in [0.25, 0.3) is 17.1 Å². The molecule has 4 heterocycles. The summed E-state index contributed by atoms with van der Waals surface area (Å²) in [7, 11) is -4.20. The summed E-state index contributed by atoms with van der Waals surface area (Å²) < 4.78 is 82.0. The summed E-state index contributed by atoms with van der Waals surface area (Å²) in [5, 5.41) is 6.97. The van der Waals surface area contributed by atoms with Gasteiger partial charge < -0.3 is 18.5 Å². The molecule has 1 amide bonds. The van der Waals surface area contributed by atoms with Gasteiger partial charge in [-0.2, -0.15) is 21.5 Å². The van der Waals surface area contributed by atoms with E-state index in [-0.39, 0.29) is 44.3 Å². The molecule has 12 nitrogen and oxygen atoms in total. The van der Waals surface area contributed by atoms with Crippen molar-refractivity contribution in [1.29, 1.82) is 0 Å². The Bertz CT molecular complexity index is 1700. The van der Waals surface area contributed by atoms with Crippen LogP contribution < -0.4 is 4.31 Å². The lowest BCUT2D eigenvalue weighted by Gasteiger charge is -2.37. The molecular weight excluding hydrogens is 579 g/mol. The minimum absolute atomic E-state index is 0.00665. The fraction of sp³-hybridized carbons (Fsp3) is 0.385. The molecule has 1 fully saturated rings. The van der Waals surface area contributed by atoms with Crippen LogP contribution in [-0.2, 0) is 21.5 Å². The maximum Gasteiger partial charge on any atom is 0.410 e. The van der Waals surface area contributed by atoms with Crippen molar-refractivity contribution in [1.82, 2.24) is 28.8 Å². The molecule has 224 valence electrons. The minimum atomic E-state index is -4.20. The highest BCUT2D eigenvalue weighted by Crippen LogP contribution is 2.27. The number of piperazine rings is 1. The third-order valence-corrected chi connectivity index (χ3v) is 8.20. The zero-order chi connectivity index (χ0) is 30.2. The topological polar surface area (TPSA) is 126 Å². The molecule has 4 aromatic rings. The average molecular weight is 608 g/mol. The highest BCUT2D eigenvalue weighted by molar-refractivity contribution is 7.90. The lowest BCUT2D eigenvalue weighted by molar-refractivity contribution is 0.0192. The molecule has 0 saturated carbocycles. The summed E-state index contributed by atoms with van der Waals surface area (Å²) >= 11 is 0. The van der Waals surface area contributed by atoms with Crippen LogP contribution in [0.4, 0.5) is 23.7 Å². The molecule has 1 saturated heterocycles. The number of ether oxygens (including phenoxy) is 1. The number of carbonyl (C=O) groups is 1. The van der Waals surface area contributed by atoms with Gasteiger partial charge in [-0.05, 0) is 51.1 Å². The van der Waals surface area contributed by atoms with Gasteiger partial charge in [-0.3, -0.25) is 4.31 Å². The molecule has 0 N–H and O–H groups in total. The molecule has 1 aliphatic heterocycles. The summed E-state index contributed by atoms with van der Waals surface area (Å²) in [6.45, 7) is 5.24. The number of benzene rings is 1. The number of nitrogens with zero attached hydrogens (tertiary/aromatic N) is 7. The van der Waals surface area contributed by atoms with Gasteiger partial charge >= 0.3 is 22.7 Å². The van der Waals surface area contributed by atoms with Gasteiger partial charge in [0, 0.05) is 44.1 Å². The van der Waals surface area contributed by atoms with Gasteiger partial charge in [-0.25, -0.2) is 14.2 Å². The van der Waals surface area contributed by atoms with Gasteiger partial charge in [-0.1, -0.05) is 6.07 Å². The van der Waals surface area contributed by atoms with E-state index in [1.807, 2.05) is 0 Å². The standard InChI is InChI=1S/C26H28F3N7O5S/c1-26(2,3)41-25(37)33-9-11-35(12-10-33)42(38,39)36(20-6-4-5-18(27)14-20)16-19-15-34-8-7-17(13-21(34)30-19)23-31-32-24(40-23)22(28)29/h4-8,13-15,22H,9-12,16H2,1-3H3. The number of alkyl halides is 2. The Kier molecular flexibility index (Phi) is 7.85. The second kappa shape index (κ2) is 11.2. The number of carbonyl (C=O) groups excluding carboxylic acids is 1. The van der Waals surface area contributed by atoms with Gasteiger partial charge in [0.1, 0.15) is 17.1 Å². The van der Waals surface area contributed by atoms with Crippen molar-refractivity contribution >= 4 is 27.6 Å². The van der Waals surface area contributed by atoms with E-state index in [0.29, 0.717) is 16.9 Å². The predicted molar refractivity (Wildman–Crippen MR) is 144 cm³/mol. The molecule has 5 rings (SSSR count). The smallest absolute Gasteiger partial charge is 0.410 e. The second-order valence-electron chi connectivity index (χ2n) is 10.5. The quantitative estimate of drug-likeness (QED) is 0.305. The number of aromatic nitrogens is 4. The van der Waals surface area contributed by atoms with Crippen molar-refractivity contribution in [2.45, 2.75) is 39.3 Å². The summed E-state index contributed by atoms with van der Waals surface area (Å²) in [5.74, 6) is -1.55. The van der Waals surface area contributed by atoms with Crippen molar-refractivity contribution in [3.8, 4) is 11.5 Å². The molecular formula is C26H28F3N7O5S. The van der Waals surface area contributed by atoms with E-state index in [0.717, 1.165) is 10.4 Å². The van der Waals surface area contributed by atoms with Crippen LogP contribution in [-0.4, -0.2) is 75.1 Å². The molecule has 0 spiro atoms. The summed E-state index contributed by atoms with van der Waals surface area (Å²) in [6.07, 6.45) is -0.259. The largest absolute Gasteiger partial charge is 0.444 e. The number of pyridine rings is 1. The first-order chi connectivity index (χ1) is 19.8. The first-order valence-corrected chi connectivity index (χ1v) is 14.3. The van der Waals surface area contributed by atoms with Crippen LogP contribution in [0.2, 0.25) is 0 Å². The van der Waals surface area contributed by atoms with Crippen molar-refractivity contribution in [2.75, 3.05) is 30.5 Å². The molecule has 16 heteroatoms. The average Bonchev–Trinajstić information content (AvgIpc) is 3.58. The summed E-state index contributed by atoms with van der Waals surface area (Å²) in [4.78, 5) is 18.4. The summed E-state index contributed by atoms with van der Waals surface area (Å²) in [5.41, 5.74) is 0.431. The highest BCUT2D eigenvalue weighted by Gasteiger charge is 2.35. The van der Waals surface area contributed by atoms with Gasteiger partial charge in [-0.15, -0.1) is 10.2 Å². The van der Waals surface area contributed by atoms with E-state index < -0.39 is 40.0 Å². The first-order valence-electron chi connectivity index (χ1n) is 12.9. The molecule has 1 aliphatic rings. The molecule has 3 aromatic heterocycles. The maximum atomic E-state index is 14.2. The molecule has 0 bridgehead atoms. The molecule has 0 atom stereocenters. The third kappa shape index (κ3) is 6.33. The van der Waals surface area contributed by atoms with E-state index in [1.54, 1.807) is 43.6 Å². The Hall–Kier alpha value is -4.18. The van der Waals surface area contributed by atoms with Crippen LogP contribution in [0.5, 0.6) is 0 Å². The fourth-order valence-corrected chi connectivity index (χ4v) is 5.91. The van der Waals surface area contributed by atoms with Gasteiger partial charge in [0.25, 0.3) is 5.89 Å². The number of hydrogen-bond donors (Lipinski definition) is 0. The zero-order valence-corrected chi connectivity index (χ0v) is 23.8. The van der Waals surface area contributed by atoms with Crippen molar-refractivity contribution in [3.05, 3.63) is 66.2 Å². The first kappa shape index (κ1) is 29.3.